The summed E-state index contributed by atoms with van der Waals surface area (Å²) in [7, 11) is 0. The van der Waals surface area contributed by atoms with Crippen molar-refractivity contribution in [1.29, 1.82) is 0 Å². The van der Waals surface area contributed by atoms with Crippen LogP contribution in [-0.2, 0) is 0 Å². The first-order chi connectivity index (χ1) is 11.8. The maximum absolute atomic E-state index is 5.67. The molecule has 0 unspecified atom stereocenters. The molecule has 0 saturated heterocycles. The number of pyridine rings is 1. The summed E-state index contributed by atoms with van der Waals surface area (Å²) < 4.78 is 1.74. The van der Waals surface area contributed by atoms with Gasteiger partial charge in [-0.15, -0.1) is 0 Å². The van der Waals surface area contributed by atoms with Gasteiger partial charge in [0.05, 0.1) is 11.9 Å². The number of rotatable bonds is 1. The molecular weight excluding hydrogens is 298 g/mol. The van der Waals surface area contributed by atoms with Gasteiger partial charge in [0.1, 0.15) is 11.5 Å². The summed E-state index contributed by atoms with van der Waals surface area (Å²) >= 11 is 0. The van der Waals surface area contributed by atoms with Crippen molar-refractivity contribution in [2.24, 2.45) is 0 Å². The molecule has 4 rings (SSSR count). The van der Waals surface area contributed by atoms with E-state index in [0.29, 0.717) is 11.5 Å². The van der Waals surface area contributed by atoms with Gasteiger partial charge in [0.2, 0.25) is 0 Å². The Bertz CT molecular complexity index is 1070. The fourth-order valence-corrected chi connectivity index (χ4v) is 2.33. The number of nitrogen functional groups attached to an aromatic ring is 1. The number of anilines is 1. The molecule has 0 atom stereocenters. The van der Waals surface area contributed by atoms with E-state index in [1.807, 2.05) is 42.5 Å². The molecule has 5 heteroatoms. The van der Waals surface area contributed by atoms with Crippen molar-refractivity contribution in [3.63, 3.8) is 0 Å². The third-order valence-electron chi connectivity index (χ3n) is 3.49. The van der Waals surface area contributed by atoms with Crippen LogP contribution in [0.15, 0.2) is 60.9 Å². The Morgan fingerprint density at radius 1 is 1.00 bits per heavy atom. The Morgan fingerprint density at radius 3 is 2.71 bits per heavy atom. The molecule has 0 aliphatic heterocycles. The number of aromatic nitrogens is 4. The van der Waals surface area contributed by atoms with Crippen molar-refractivity contribution in [2.75, 3.05) is 5.73 Å². The lowest BCUT2D eigenvalue weighted by Gasteiger charge is -2.01. The molecule has 5 nitrogen and oxygen atoms in total. The topological polar surface area (TPSA) is 69.1 Å². The number of fused-ring (bicyclic) bond motifs is 1. The first-order valence-electron chi connectivity index (χ1n) is 7.34. The summed E-state index contributed by atoms with van der Waals surface area (Å²) in [5.41, 5.74) is 9.80. The van der Waals surface area contributed by atoms with Crippen LogP contribution in [0.2, 0.25) is 0 Å². The molecule has 2 N–H and O–H groups in total. The third-order valence-corrected chi connectivity index (χ3v) is 3.49. The van der Waals surface area contributed by atoms with Gasteiger partial charge in [-0.05, 0) is 36.3 Å². The summed E-state index contributed by atoms with van der Waals surface area (Å²) in [6, 6.07) is 18.1. The van der Waals surface area contributed by atoms with E-state index in [2.05, 4.69) is 33.0 Å². The third kappa shape index (κ3) is 2.69. The number of benzene rings is 1. The number of nitrogens with zero attached hydrogens (tertiary/aromatic N) is 4. The Labute approximate surface area is 138 Å². The quantitative estimate of drug-likeness (QED) is 0.549. The van der Waals surface area contributed by atoms with Gasteiger partial charge in [0.15, 0.2) is 5.65 Å². The van der Waals surface area contributed by atoms with Gasteiger partial charge in [0, 0.05) is 17.3 Å². The second-order valence-corrected chi connectivity index (χ2v) is 5.14. The minimum Gasteiger partial charge on any atom is -0.384 e. The molecule has 1 aromatic carbocycles. The zero-order valence-electron chi connectivity index (χ0n) is 12.6. The Hall–Kier alpha value is -3.65. The van der Waals surface area contributed by atoms with Crippen molar-refractivity contribution >= 4 is 11.5 Å². The molecule has 0 saturated carbocycles. The second-order valence-electron chi connectivity index (χ2n) is 5.14. The molecule has 0 fully saturated rings. The number of hydrogen-bond acceptors (Lipinski definition) is 4. The maximum Gasteiger partial charge on any atom is 0.154 e. The standard InChI is InChI=1S/C19H12N5/c20-18-12-14(10-11-21-18)6-7-16-13-22-19-9-8-17(23-24(16)19)15-4-2-1-3-5-15/h2-5,8-13H,(H2,20,21). The van der Waals surface area contributed by atoms with E-state index in [9.17, 15) is 0 Å². The number of imidazole rings is 1. The van der Waals surface area contributed by atoms with E-state index in [-0.39, 0.29) is 0 Å². The van der Waals surface area contributed by atoms with Crippen molar-refractivity contribution in [3.05, 3.63) is 78.2 Å². The van der Waals surface area contributed by atoms with Gasteiger partial charge >= 0.3 is 0 Å². The fourth-order valence-electron chi connectivity index (χ4n) is 2.33. The van der Waals surface area contributed by atoms with Gasteiger partial charge in [-0.25, -0.2) is 14.5 Å². The van der Waals surface area contributed by atoms with Crippen LogP contribution in [0.5, 0.6) is 0 Å². The molecule has 0 aliphatic carbocycles. The number of nitrogens with two attached hydrogens (primary N) is 1. The predicted molar refractivity (Wildman–Crippen MR) is 91.9 cm³/mol. The molecule has 24 heavy (non-hydrogen) atoms. The maximum atomic E-state index is 5.67. The highest BCUT2D eigenvalue weighted by Gasteiger charge is 2.05. The van der Waals surface area contributed by atoms with Crippen LogP contribution in [0.4, 0.5) is 5.82 Å². The normalized spacial score (nSPS) is 10.3. The number of hydrogen-bond donors (Lipinski definition) is 1. The summed E-state index contributed by atoms with van der Waals surface area (Å²) in [5.74, 6) is 6.60. The highest BCUT2D eigenvalue weighted by atomic mass is 15.3. The molecule has 3 heterocycles. The lowest BCUT2D eigenvalue weighted by molar-refractivity contribution is 0.930. The molecule has 0 bridgehead atoms. The smallest absolute Gasteiger partial charge is 0.154 e. The highest BCUT2D eigenvalue weighted by Crippen LogP contribution is 2.17. The average Bonchev–Trinajstić information content (AvgIpc) is 3.03. The average molecular weight is 310 g/mol. The van der Waals surface area contributed by atoms with Crippen LogP contribution < -0.4 is 5.73 Å². The van der Waals surface area contributed by atoms with Crippen LogP contribution in [-0.4, -0.2) is 19.6 Å². The van der Waals surface area contributed by atoms with Crippen molar-refractivity contribution < 1.29 is 0 Å². The molecule has 4 aromatic rings. The second kappa shape index (κ2) is 5.86. The van der Waals surface area contributed by atoms with Gasteiger partial charge < -0.3 is 5.73 Å². The molecular formula is C19H12N5. The molecule has 113 valence electrons. The van der Waals surface area contributed by atoms with E-state index >= 15 is 0 Å². The van der Waals surface area contributed by atoms with E-state index < -0.39 is 0 Å². The molecule has 3 aromatic heterocycles. The van der Waals surface area contributed by atoms with Crippen molar-refractivity contribution in [3.8, 4) is 23.1 Å². The van der Waals surface area contributed by atoms with Crippen molar-refractivity contribution in [2.45, 2.75) is 0 Å². The fraction of sp³-hybridized carbons (Fsp3) is 0. The van der Waals surface area contributed by atoms with E-state index in [1.165, 1.54) is 0 Å². The zero-order valence-corrected chi connectivity index (χ0v) is 12.6. The van der Waals surface area contributed by atoms with Crippen LogP contribution in [0.1, 0.15) is 11.3 Å². The minimum atomic E-state index is 0.446. The van der Waals surface area contributed by atoms with Crippen LogP contribution in [0.3, 0.4) is 0 Å². The zero-order chi connectivity index (χ0) is 16.4. The molecule has 0 spiro atoms. The predicted octanol–water partition coefficient (Wildman–Crippen LogP) is 2.57. The SMILES string of the molecule is Nc1cc(C#Cc2cnc3ccc(-c4cc[c]cc4)nn23)ccn1. The van der Waals surface area contributed by atoms with Crippen LogP contribution in [0, 0.1) is 17.9 Å². The first-order valence-corrected chi connectivity index (χ1v) is 7.34. The van der Waals surface area contributed by atoms with Gasteiger partial charge in [-0.1, -0.05) is 30.2 Å². The Balaban J connectivity index is 1.77. The van der Waals surface area contributed by atoms with E-state index in [4.69, 9.17) is 5.73 Å². The lowest BCUT2D eigenvalue weighted by Crippen LogP contribution is -1.97. The van der Waals surface area contributed by atoms with Gasteiger partial charge in [0.25, 0.3) is 0 Å². The summed E-state index contributed by atoms with van der Waals surface area (Å²) in [6.07, 6.45) is 3.35. The van der Waals surface area contributed by atoms with Gasteiger partial charge in [-0.3, -0.25) is 0 Å². The van der Waals surface area contributed by atoms with Crippen LogP contribution in [0.25, 0.3) is 16.9 Å². The summed E-state index contributed by atoms with van der Waals surface area (Å²) in [5, 5.41) is 4.64. The van der Waals surface area contributed by atoms with Gasteiger partial charge in [-0.2, -0.15) is 5.10 Å². The molecule has 0 amide bonds. The minimum absolute atomic E-state index is 0.446. The summed E-state index contributed by atoms with van der Waals surface area (Å²) in [4.78, 5) is 8.30. The van der Waals surface area contributed by atoms with E-state index in [0.717, 1.165) is 22.5 Å². The monoisotopic (exact) mass is 310 g/mol. The Kier molecular flexibility index (Phi) is 3.41. The van der Waals surface area contributed by atoms with Crippen molar-refractivity contribution in [1.82, 2.24) is 19.6 Å². The van der Waals surface area contributed by atoms with Crippen LogP contribution >= 0.6 is 0 Å². The molecule has 0 aliphatic rings. The largest absolute Gasteiger partial charge is 0.384 e. The van der Waals surface area contributed by atoms with E-state index in [1.54, 1.807) is 23.0 Å². The molecule has 1 radical (unpaired) electrons. The first kappa shape index (κ1) is 14.0. The Morgan fingerprint density at radius 2 is 1.88 bits per heavy atom. The lowest BCUT2D eigenvalue weighted by atomic mass is 10.1. The summed E-state index contributed by atoms with van der Waals surface area (Å²) in [6.45, 7) is 0. The highest BCUT2D eigenvalue weighted by molar-refractivity contribution is 5.60.